The van der Waals surface area contributed by atoms with Crippen molar-refractivity contribution in [1.29, 1.82) is 0 Å². The minimum Gasteiger partial charge on any atom is -0.308 e. The molecule has 3 rings (SSSR count). The summed E-state index contributed by atoms with van der Waals surface area (Å²) in [6.45, 7) is 6.49. The minimum absolute atomic E-state index is 0.299. The van der Waals surface area contributed by atoms with Gasteiger partial charge >= 0.3 is 0 Å². The van der Waals surface area contributed by atoms with Crippen LogP contribution in [0.1, 0.15) is 31.9 Å². The van der Waals surface area contributed by atoms with Crippen molar-refractivity contribution < 1.29 is 8.42 Å². The fourth-order valence-corrected chi connectivity index (χ4v) is 4.66. The second-order valence-electron chi connectivity index (χ2n) is 7.70. The number of aromatic amines is 1. The third kappa shape index (κ3) is 5.07. The quantitative estimate of drug-likeness (QED) is 0.569. The molecule has 0 saturated carbocycles. The molecule has 1 heterocycles. The number of nitrogens with one attached hydrogen (secondary N) is 3. The van der Waals surface area contributed by atoms with Gasteiger partial charge in [-0.15, -0.1) is 0 Å². The second kappa shape index (κ2) is 8.26. The maximum absolute atomic E-state index is 12.7. The van der Waals surface area contributed by atoms with Crippen LogP contribution >= 0.6 is 0 Å². The highest BCUT2D eigenvalue weighted by Gasteiger charge is 2.24. The van der Waals surface area contributed by atoms with Crippen molar-refractivity contribution in [2.75, 3.05) is 0 Å². The van der Waals surface area contributed by atoms with Crippen LogP contribution in [0.2, 0.25) is 0 Å². The normalized spacial score (nSPS) is 12.2. The van der Waals surface area contributed by atoms with Gasteiger partial charge in [0, 0.05) is 24.2 Å². The smallest absolute Gasteiger partial charge is 0.241 e. The Labute approximate surface area is 166 Å². The summed E-state index contributed by atoms with van der Waals surface area (Å²) in [4.78, 5) is 0.299. The molecule has 0 unspecified atom stereocenters. The summed E-state index contributed by atoms with van der Waals surface area (Å²) in [5.74, 6) is 0. The summed E-state index contributed by atoms with van der Waals surface area (Å²) in [5.41, 5.74) is 3.24. The molecule has 3 N–H and O–H groups in total. The third-order valence-electron chi connectivity index (χ3n) is 4.11. The standard InChI is InChI=1S/C21H26N4O2S/c1-21(2,3)25-28(26,27)19-12-8-7-11-17(19)13-22-14-18-15-23-24-20(18)16-9-5-4-6-10-16/h4-12,15,22,25H,13-14H2,1-3H3,(H,23,24). The number of nitrogens with zero attached hydrogens (tertiary/aromatic N) is 1. The lowest BCUT2D eigenvalue weighted by Crippen LogP contribution is -2.40. The molecule has 7 heteroatoms. The summed E-state index contributed by atoms with van der Waals surface area (Å²) in [5, 5.41) is 10.5. The Hall–Kier alpha value is -2.48. The van der Waals surface area contributed by atoms with Crippen molar-refractivity contribution in [3.8, 4) is 11.3 Å². The first-order chi connectivity index (χ1) is 13.3. The molecule has 148 valence electrons. The van der Waals surface area contributed by atoms with E-state index in [0.717, 1.165) is 22.4 Å². The average Bonchev–Trinajstić information content (AvgIpc) is 3.09. The van der Waals surface area contributed by atoms with Crippen molar-refractivity contribution in [1.82, 2.24) is 20.2 Å². The molecule has 0 atom stereocenters. The van der Waals surface area contributed by atoms with Gasteiger partial charge in [-0.2, -0.15) is 5.10 Å². The van der Waals surface area contributed by atoms with Crippen molar-refractivity contribution in [3.63, 3.8) is 0 Å². The number of aromatic nitrogens is 2. The lowest BCUT2D eigenvalue weighted by Gasteiger charge is -2.21. The molecule has 1 aromatic heterocycles. The molecule has 3 aromatic rings. The van der Waals surface area contributed by atoms with Crippen LogP contribution in [0.15, 0.2) is 65.7 Å². The van der Waals surface area contributed by atoms with Gasteiger partial charge in [0.1, 0.15) is 0 Å². The molecule has 0 spiro atoms. The van der Waals surface area contributed by atoms with Crippen LogP contribution in [-0.2, 0) is 23.1 Å². The molecule has 6 nitrogen and oxygen atoms in total. The van der Waals surface area contributed by atoms with E-state index in [1.54, 1.807) is 18.3 Å². The largest absolute Gasteiger partial charge is 0.308 e. The average molecular weight is 399 g/mol. The fraction of sp³-hybridized carbons (Fsp3) is 0.286. The number of hydrogen-bond donors (Lipinski definition) is 3. The summed E-state index contributed by atoms with van der Waals surface area (Å²) in [7, 11) is -3.59. The van der Waals surface area contributed by atoms with Crippen LogP contribution in [-0.4, -0.2) is 24.2 Å². The molecule has 0 bridgehead atoms. The summed E-state index contributed by atoms with van der Waals surface area (Å²) in [6.07, 6.45) is 1.79. The molecule has 0 fully saturated rings. The van der Waals surface area contributed by atoms with E-state index >= 15 is 0 Å². The summed E-state index contributed by atoms with van der Waals surface area (Å²) < 4.78 is 28.2. The van der Waals surface area contributed by atoms with E-state index in [1.165, 1.54) is 0 Å². The third-order valence-corrected chi connectivity index (χ3v) is 5.97. The van der Waals surface area contributed by atoms with Gasteiger partial charge in [0.05, 0.1) is 16.8 Å². The van der Waals surface area contributed by atoms with Crippen LogP contribution in [0.25, 0.3) is 11.3 Å². The first-order valence-electron chi connectivity index (χ1n) is 9.16. The van der Waals surface area contributed by atoms with Gasteiger partial charge < -0.3 is 5.32 Å². The molecular formula is C21H26N4O2S. The van der Waals surface area contributed by atoms with Gasteiger partial charge in [0.15, 0.2) is 0 Å². The molecule has 28 heavy (non-hydrogen) atoms. The summed E-state index contributed by atoms with van der Waals surface area (Å²) >= 11 is 0. The Morgan fingerprint density at radius 3 is 2.29 bits per heavy atom. The Morgan fingerprint density at radius 1 is 0.929 bits per heavy atom. The maximum Gasteiger partial charge on any atom is 0.241 e. The molecule has 0 amide bonds. The topological polar surface area (TPSA) is 86.9 Å². The van der Waals surface area contributed by atoms with E-state index in [9.17, 15) is 8.42 Å². The number of H-pyrrole nitrogens is 1. The maximum atomic E-state index is 12.7. The Balaban J connectivity index is 1.73. The van der Waals surface area contributed by atoms with Crippen molar-refractivity contribution >= 4 is 10.0 Å². The number of rotatable bonds is 7. The summed E-state index contributed by atoms with van der Waals surface area (Å²) in [6, 6.07) is 17.0. The van der Waals surface area contributed by atoms with E-state index < -0.39 is 15.6 Å². The van der Waals surface area contributed by atoms with E-state index in [1.807, 2.05) is 63.2 Å². The van der Waals surface area contributed by atoms with E-state index in [2.05, 4.69) is 20.2 Å². The van der Waals surface area contributed by atoms with Crippen LogP contribution in [0.5, 0.6) is 0 Å². The van der Waals surface area contributed by atoms with Crippen LogP contribution in [0.4, 0.5) is 0 Å². The zero-order chi connectivity index (χ0) is 20.2. The van der Waals surface area contributed by atoms with Crippen molar-refractivity contribution in [3.05, 3.63) is 71.9 Å². The number of sulfonamides is 1. The van der Waals surface area contributed by atoms with Gasteiger partial charge in [-0.25, -0.2) is 13.1 Å². The molecule has 0 radical (unpaired) electrons. The molecule has 0 aliphatic heterocycles. The van der Waals surface area contributed by atoms with Crippen molar-refractivity contribution in [2.45, 2.75) is 44.3 Å². The molecular weight excluding hydrogens is 372 g/mol. The van der Waals surface area contributed by atoms with Gasteiger partial charge in [0.25, 0.3) is 0 Å². The predicted octanol–water partition coefficient (Wildman–Crippen LogP) is 3.44. The highest BCUT2D eigenvalue weighted by Crippen LogP contribution is 2.21. The van der Waals surface area contributed by atoms with Crippen LogP contribution in [0, 0.1) is 0 Å². The Bertz CT molecular complexity index is 1020. The molecule has 0 aliphatic carbocycles. The van der Waals surface area contributed by atoms with E-state index in [0.29, 0.717) is 18.0 Å². The lowest BCUT2D eigenvalue weighted by molar-refractivity contribution is 0.490. The van der Waals surface area contributed by atoms with E-state index in [4.69, 9.17) is 0 Å². The fourth-order valence-electron chi connectivity index (χ4n) is 3.00. The molecule has 0 saturated heterocycles. The van der Waals surface area contributed by atoms with E-state index in [-0.39, 0.29) is 0 Å². The highest BCUT2D eigenvalue weighted by atomic mass is 32.2. The van der Waals surface area contributed by atoms with Crippen LogP contribution in [0.3, 0.4) is 0 Å². The lowest BCUT2D eigenvalue weighted by atomic mass is 10.1. The van der Waals surface area contributed by atoms with Gasteiger partial charge in [0.2, 0.25) is 10.0 Å². The van der Waals surface area contributed by atoms with Crippen LogP contribution < -0.4 is 10.0 Å². The predicted molar refractivity (Wildman–Crippen MR) is 111 cm³/mol. The van der Waals surface area contributed by atoms with Gasteiger partial charge in [-0.1, -0.05) is 48.5 Å². The van der Waals surface area contributed by atoms with Crippen molar-refractivity contribution in [2.24, 2.45) is 0 Å². The first-order valence-corrected chi connectivity index (χ1v) is 10.6. The minimum atomic E-state index is -3.59. The van der Waals surface area contributed by atoms with Gasteiger partial charge in [-0.3, -0.25) is 5.10 Å². The number of hydrogen-bond acceptors (Lipinski definition) is 4. The SMILES string of the molecule is CC(C)(C)NS(=O)(=O)c1ccccc1CNCc1cn[nH]c1-c1ccccc1. The van der Waals surface area contributed by atoms with Gasteiger partial charge in [-0.05, 0) is 38.0 Å². The second-order valence-corrected chi connectivity index (χ2v) is 9.35. The Morgan fingerprint density at radius 2 is 1.57 bits per heavy atom. The monoisotopic (exact) mass is 398 g/mol. The number of benzene rings is 2. The Kier molecular flexibility index (Phi) is 5.98. The zero-order valence-electron chi connectivity index (χ0n) is 16.4. The first kappa shape index (κ1) is 20.3. The molecule has 2 aromatic carbocycles. The molecule has 0 aliphatic rings. The zero-order valence-corrected chi connectivity index (χ0v) is 17.2. The highest BCUT2D eigenvalue weighted by molar-refractivity contribution is 7.89.